The van der Waals surface area contributed by atoms with Gasteiger partial charge in [-0.2, -0.15) is 13.2 Å². The van der Waals surface area contributed by atoms with Gasteiger partial charge in [-0.15, -0.1) is 0 Å². The standard InChI is InChI=1S/C14H17F3N2O3/c15-14(16,17)10-1-3-12(4-2-10)22-8-6-18-13(20)19-11-5-7-21-9-11/h1-4,11H,5-9H2,(H2,18,19,20). The molecule has 0 saturated carbocycles. The predicted octanol–water partition coefficient (Wildman–Crippen LogP) is 2.17. The highest BCUT2D eigenvalue weighted by Crippen LogP contribution is 2.30. The first-order valence-corrected chi connectivity index (χ1v) is 6.87. The highest BCUT2D eigenvalue weighted by molar-refractivity contribution is 5.74. The first-order valence-electron chi connectivity index (χ1n) is 6.87. The summed E-state index contributed by atoms with van der Waals surface area (Å²) in [4.78, 5) is 11.5. The van der Waals surface area contributed by atoms with E-state index >= 15 is 0 Å². The van der Waals surface area contributed by atoms with Crippen molar-refractivity contribution in [3.63, 3.8) is 0 Å². The molecule has 2 amide bonds. The molecule has 1 aliphatic heterocycles. The summed E-state index contributed by atoms with van der Waals surface area (Å²) in [6.07, 6.45) is -3.57. The van der Waals surface area contributed by atoms with Gasteiger partial charge in [0.25, 0.3) is 0 Å². The normalized spacial score (nSPS) is 18.0. The number of benzene rings is 1. The number of urea groups is 1. The van der Waals surface area contributed by atoms with Crippen LogP contribution in [0, 0.1) is 0 Å². The molecule has 2 N–H and O–H groups in total. The van der Waals surface area contributed by atoms with Gasteiger partial charge in [0, 0.05) is 6.61 Å². The Morgan fingerprint density at radius 2 is 2.05 bits per heavy atom. The molecule has 1 unspecified atom stereocenters. The average molecular weight is 318 g/mol. The molecule has 1 fully saturated rings. The zero-order valence-electron chi connectivity index (χ0n) is 11.8. The molecule has 0 aliphatic carbocycles. The van der Waals surface area contributed by atoms with Gasteiger partial charge in [0.15, 0.2) is 0 Å². The van der Waals surface area contributed by atoms with Gasteiger partial charge in [-0.3, -0.25) is 0 Å². The molecule has 0 spiro atoms. The molecule has 2 rings (SSSR count). The summed E-state index contributed by atoms with van der Waals surface area (Å²) in [6, 6.07) is 4.12. The molecule has 1 heterocycles. The van der Waals surface area contributed by atoms with Crippen LogP contribution in [0.5, 0.6) is 5.75 Å². The van der Waals surface area contributed by atoms with E-state index in [9.17, 15) is 18.0 Å². The molecule has 0 radical (unpaired) electrons. The van der Waals surface area contributed by atoms with Crippen molar-refractivity contribution in [1.29, 1.82) is 0 Å². The number of carbonyl (C=O) groups excluding carboxylic acids is 1. The maximum absolute atomic E-state index is 12.4. The molecule has 0 bridgehead atoms. The molecule has 1 saturated heterocycles. The average Bonchev–Trinajstić information content (AvgIpc) is 2.96. The van der Waals surface area contributed by atoms with Crippen LogP contribution in [0.15, 0.2) is 24.3 Å². The van der Waals surface area contributed by atoms with Crippen molar-refractivity contribution < 1.29 is 27.4 Å². The van der Waals surface area contributed by atoms with Crippen molar-refractivity contribution in [3.8, 4) is 5.75 Å². The fourth-order valence-corrected chi connectivity index (χ4v) is 1.96. The van der Waals surface area contributed by atoms with E-state index in [1.807, 2.05) is 0 Å². The lowest BCUT2D eigenvalue weighted by Gasteiger charge is -2.12. The smallest absolute Gasteiger partial charge is 0.416 e. The van der Waals surface area contributed by atoms with E-state index in [0.717, 1.165) is 18.6 Å². The largest absolute Gasteiger partial charge is 0.492 e. The fourth-order valence-electron chi connectivity index (χ4n) is 1.96. The number of rotatable bonds is 5. The van der Waals surface area contributed by atoms with Gasteiger partial charge in [-0.05, 0) is 30.7 Å². The van der Waals surface area contributed by atoms with Crippen LogP contribution in [0.4, 0.5) is 18.0 Å². The van der Waals surface area contributed by atoms with Crippen LogP contribution in [0.3, 0.4) is 0 Å². The van der Waals surface area contributed by atoms with Crippen LogP contribution in [0.1, 0.15) is 12.0 Å². The number of ether oxygens (including phenoxy) is 2. The minimum Gasteiger partial charge on any atom is -0.492 e. The summed E-state index contributed by atoms with van der Waals surface area (Å²) in [5.41, 5.74) is -0.726. The molecule has 1 aromatic rings. The summed E-state index contributed by atoms with van der Waals surface area (Å²) in [7, 11) is 0. The summed E-state index contributed by atoms with van der Waals surface area (Å²) in [5, 5.41) is 5.35. The van der Waals surface area contributed by atoms with Crippen molar-refractivity contribution in [2.75, 3.05) is 26.4 Å². The second kappa shape index (κ2) is 7.35. The Morgan fingerprint density at radius 1 is 1.32 bits per heavy atom. The van der Waals surface area contributed by atoms with E-state index in [2.05, 4.69) is 10.6 Å². The Morgan fingerprint density at radius 3 is 2.64 bits per heavy atom. The molecule has 0 aromatic heterocycles. The van der Waals surface area contributed by atoms with E-state index in [1.54, 1.807) is 0 Å². The quantitative estimate of drug-likeness (QED) is 0.818. The van der Waals surface area contributed by atoms with E-state index < -0.39 is 11.7 Å². The lowest BCUT2D eigenvalue weighted by atomic mass is 10.2. The number of carbonyl (C=O) groups is 1. The van der Waals surface area contributed by atoms with Gasteiger partial charge in [0.2, 0.25) is 0 Å². The molecule has 1 atom stereocenters. The highest BCUT2D eigenvalue weighted by Gasteiger charge is 2.30. The van der Waals surface area contributed by atoms with E-state index in [1.165, 1.54) is 12.1 Å². The number of halogens is 3. The number of hydrogen-bond donors (Lipinski definition) is 2. The zero-order valence-corrected chi connectivity index (χ0v) is 11.8. The zero-order chi connectivity index (χ0) is 16.0. The molecule has 5 nitrogen and oxygen atoms in total. The Bertz CT molecular complexity index is 485. The van der Waals surface area contributed by atoms with Crippen LogP contribution in [0.25, 0.3) is 0 Å². The molecule has 1 aromatic carbocycles. The van der Waals surface area contributed by atoms with Crippen molar-refractivity contribution >= 4 is 6.03 Å². The second-order valence-electron chi connectivity index (χ2n) is 4.83. The summed E-state index contributed by atoms with van der Waals surface area (Å²) >= 11 is 0. The monoisotopic (exact) mass is 318 g/mol. The second-order valence-corrected chi connectivity index (χ2v) is 4.83. The first-order chi connectivity index (χ1) is 10.4. The third-order valence-electron chi connectivity index (χ3n) is 3.10. The lowest BCUT2D eigenvalue weighted by molar-refractivity contribution is -0.137. The maximum Gasteiger partial charge on any atom is 0.416 e. The van der Waals surface area contributed by atoms with Crippen LogP contribution in [-0.2, 0) is 10.9 Å². The van der Waals surface area contributed by atoms with E-state index in [-0.39, 0.29) is 25.2 Å². The number of amides is 2. The first kappa shape index (κ1) is 16.4. The van der Waals surface area contributed by atoms with Gasteiger partial charge in [0.1, 0.15) is 12.4 Å². The Kier molecular flexibility index (Phi) is 5.48. The topological polar surface area (TPSA) is 59.6 Å². The minimum atomic E-state index is -4.36. The van der Waals surface area contributed by atoms with E-state index in [4.69, 9.17) is 9.47 Å². The van der Waals surface area contributed by atoms with Crippen LogP contribution < -0.4 is 15.4 Å². The Balaban J connectivity index is 1.64. The Hall–Kier alpha value is -1.96. The van der Waals surface area contributed by atoms with Crippen LogP contribution >= 0.6 is 0 Å². The van der Waals surface area contributed by atoms with Gasteiger partial charge in [-0.25, -0.2) is 4.79 Å². The van der Waals surface area contributed by atoms with Crippen molar-refractivity contribution in [2.45, 2.75) is 18.6 Å². The number of hydrogen-bond acceptors (Lipinski definition) is 3. The van der Waals surface area contributed by atoms with Crippen molar-refractivity contribution in [3.05, 3.63) is 29.8 Å². The molecule has 22 heavy (non-hydrogen) atoms. The molecular formula is C14H17F3N2O3. The highest BCUT2D eigenvalue weighted by atomic mass is 19.4. The molecular weight excluding hydrogens is 301 g/mol. The summed E-state index contributed by atoms with van der Waals surface area (Å²) < 4.78 is 47.5. The van der Waals surface area contributed by atoms with Gasteiger partial charge in [0.05, 0.1) is 24.8 Å². The molecule has 122 valence electrons. The van der Waals surface area contributed by atoms with Crippen LogP contribution in [-0.4, -0.2) is 38.4 Å². The molecule has 8 heteroatoms. The van der Waals surface area contributed by atoms with Gasteiger partial charge < -0.3 is 20.1 Å². The van der Waals surface area contributed by atoms with Crippen LogP contribution in [0.2, 0.25) is 0 Å². The number of alkyl halides is 3. The van der Waals surface area contributed by atoms with Gasteiger partial charge >= 0.3 is 12.2 Å². The Labute approximate surface area is 125 Å². The number of nitrogens with one attached hydrogen (secondary N) is 2. The molecule has 1 aliphatic rings. The third-order valence-corrected chi connectivity index (χ3v) is 3.10. The van der Waals surface area contributed by atoms with Crippen molar-refractivity contribution in [2.24, 2.45) is 0 Å². The maximum atomic E-state index is 12.4. The lowest BCUT2D eigenvalue weighted by Crippen LogP contribution is -2.43. The minimum absolute atomic E-state index is 0.0239. The SMILES string of the molecule is O=C(NCCOc1ccc(C(F)(F)F)cc1)NC1CCOC1. The predicted molar refractivity (Wildman–Crippen MR) is 72.7 cm³/mol. The fraction of sp³-hybridized carbons (Fsp3) is 0.500. The summed E-state index contributed by atoms with van der Waals surface area (Å²) in [6.45, 7) is 1.57. The third kappa shape index (κ3) is 5.10. The summed E-state index contributed by atoms with van der Waals surface area (Å²) in [5.74, 6) is 0.319. The van der Waals surface area contributed by atoms with Gasteiger partial charge in [-0.1, -0.05) is 0 Å². The van der Waals surface area contributed by atoms with E-state index in [0.29, 0.717) is 19.0 Å². The van der Waals surface area contributed by atoms with Crippen molar-refractivity contribution in [1.82, 2.24) is 10.6 Å².